The molecule has 2 amide bonds. The average molecular weight is 446 g/mol. The van der Waals surface area contributed by atoms with E-state index in [9.17, 15) is 9.59 Å². The zero-order valence-corrected chi connectivity index (χ0v) is 17.7. The van der Waals surface area contributed by atoms with E-state index in [4.69, 9.17) is 23.2 Å². The van der Waals surface area contributed by atoms with Gasteiger partial charge in [-0.3, -0.25) is 9.59 Å². The van der Waals surface area contributed by atoms with E-state index in [1.54, 1.807) is 43.3 Å². The number of thiophene rings is 1. The number of carbonyl (C=O) groups excluding carboxylic acids is 2. The lowest BCUT2D eigenvalue weighted by Crippen LogP contribution is -2.18. The number of rotatable bonds is 6. The summed E-state index contributed by atoms with van der Waals surface area (Å²) in [6.07, 6.45) is 0.262. The highest BCUT2D eigenvalue weighted by Crippen LogP contribution is 2.21. The molecule has 0 atom stereocenters. The first-order valence-corrected chi connectivity index (χ1v) is 10.2. The van der Waals surface area contributed by atoms with Crippen molar-refractivity contribution in [1.82, 2.24) is 5.43 Å². The van der Waals surface area contributed by atoms with Crippen LogP contribution in [0.5, 0.6) is 0 Å². The standard InChI is InChI=1S/C21H17Cl2N3O2S/c1-13(25-26-21(28)18-10-11-19(23)29-18)15-4-8-17(9-5-15)24-20(27)12-14-2-6-16(22)7-3-14/h2-11H,12H2,1H3,(H,24,27)(H,26,28)/b25-13-. The van der Waals surface area contributed by atoms with Crippen LogP contribution in [0.4, 0.5) is 5.69 Å². The van der Waals surface area contributed by atoms with E-state index in [0.29, 0.717) is 25.6 Å². The second kappa shape index (κ2) is 9.69. The fourth-order valence-corrected chi connectivity index (χ4v) is 3.54. The molecule has 0 aliphatic carbocycles. The van der Waals surface area contributed by atoms with Gasteiger partial charge in [-0.05, 0) is 54.4 Å². The van der Waals surface area contributed by atoms with Crippen molar-refractivity contribution >= 4 is 57.8 Å². The van der Waals surface area contributed by atoms with Crippen LogP contribution < -0.4 is 10.7 Å². The predicted octanol–water partition coefficient (Wildman–Crippen LogP) is 5.39. The molecule has 29 heavy (non-hydrogen) atoms. The van der Waals surface area contributed by atoms with E-state index in [0.717, 1.165) is 11.1 Å². The second-order valence-corrected chi connectivity index (χ2v) is 8.32. The maximum absolute atomic E-state index is 12.2. The molecule has 3 rings (SSSR count). The minimum absolute atomic E-state index is 0.118. The number of carbonyl (C=O) groups is 2. The first kappa shape index (κ1) is 21.0. The molecule has 0 spiro atoms. The first-order chi connectivity index (χ1) is 13.9. The Morgan fingerprint density at radius 1 is 0.966 bits per heavy atom. The molecule has 1 heterocycles. The number of hydrazone groups is 1. The highest BCUT2D eigenvalue weighted by molar-refractivity contribution is 7.18. The van der Waals surface area contributed by atoms with Crippen molar-refractivity contribution in [2.45, 2.75) is 13.3 Å². The molecular weight excluding hydrogens is 429 g/mol. The Balaban J connectivity index is 1.56. The first-order valence-electron chi connectivity index (χ1n) is 8.65. The van der Waals surface area contributed by atoms with Gasteiger partial charge in [-0.2, -0.15) is 5.10 Å². The van der Waals surface area contributed by atoms with Crippen LogP contribution in [-0.2, 0) is 11.2 Å². The lowest BCUT2D eigenvalue weighted by atomic mass is 10.1. The molecule has 0 aliphatic heterocycles. The van der Waals surface area contributed by atoms with E-state index in [1.807, 2.05) is 24.3 Å². The summed E-state index contributed by atoms with van der Waals surface area (Å²) in [6, 6.07) is 17.7. The summed E-state index contributed by atoms with van der Waals surface area (Å²) in [5, 5.41) is 7.60. The molecule has 8 heteroatoms. The quantitative estimate of drug-likeness (QED) is 0.394. The Kier molecular flexibility index (Phi) is 7.04. The van der Waals surface area contributed by atoms with E-state index in [-0.39, 0.29) is 18.2 Å². The molecule has 3 aromatic rings. The van der Waals surface area contributed by atoms with Gasteiger partial charge in [0.15, 0.2) is 0 Å². The van der Waals surface area contributed by atoms with E-state index >= 15 is 0 Å². The van der Waals surface area contributed by atoms with Gasteiger partial charge in [0.25, 0.3) is 5.91 Å². The fraction of sp³-hybridized carbons (Fsp3) is 0.0952. The third kappa shape index (κ3) is 6.15. The number of anilines is 1. The van der Waals surface area contributed by atoms with E-state index < -0.39 is 0 Å². The third-order valence-corrected chi connectivity index (χ3v) is 5.47. The number of nitrogens with one attached hydrogen (secondary N) is 2. The normalized spacial score (nSPS) is 11.2. The van der Waals surface area contributed by atoms with Crippen molar-refractivity contribution in [2.24, 2.45) is 5.10 Å². The van der Waals surface area contributed by atoms with Crippen LogP contribution in [0.25, 0.3) is 0 Å². The maximum Gasteiger partial charge on any atom is 0.281 e. The van der Waals surface area contributed by atoms with Gasteiger partial charge < -0.3 is 5.32 Å². The van der Waals surface area contributed by atoms with Crippen LogP contribution in [0.2, 0.25) is 9.36 Å². The SMILES string of the molecule is C/C(=N/NC(=O)c1ccc(Cl)s1)c1ccc(NC(=O)Cc2ccc(Cl)cc2)cc1. The molecule has 148 valence electrons. The number of amides is 2. The molecule has 0 saturated heterocycles. The molecule has 0 aliphatic rings. The average Bonchev–Trinajstić information content (AvgIpc) is 3.14. The third-order valence-electron chi connectivity index (χ3n) is 3.99. The summed E-state index contributed by atoms with van der Waals surface area (Å²) in [4.78, 5) is 24.7. The topological polar surface area (TPSA) is 70.6 Å². The molecule has 1 aromatic heterocycles. The summed E-state index contributed by atoms with van der Waals surface area (Å²) in [5.74, 6) is -0.431. The van der Waals surface area contributed by atoms with Gasteiger partial charge in [-0.15, -0.1) is 11.3 Å². The molecule has 2 aromatic carbocycles. The number of nitrogens with zero attached hydrogens (tertiary/aromatic N) is 1. The van der Waals surface area contributed by atoms with Crippen molar-refractivity contribution in [3.8, 4) is 0 Å². The van der Waals surface area contributed by atoms with Gasteiger partial charge in [0.1, 0.15) is 0 Å². The maximum atomic E-state index is 12.2. The summed E-state index contributed by atoms with van der Waals surface area (Å²) in [5.41, 5.74) is 5.54. The van der Waals surface area contributed by atoms with E-state index in [1.165, 1.54) is 11.3 Å². The number of halogens is 2. The van der Waals surface area contributed by atoms with Crippen molar-refractivity contribution in [3.05, 3.63) is 86.0 Å². The summed E-state index contributed by atoms with van der Waals surface area (Å²) in [7, 11) is 0. The smallest absolute Gasteiger partial charge is 0.281 e. The van der Waals surface area contributed by atoms with Crippen LogP contribution >= 0.6 is 34.5 Å². The van der Waals surface area contributed by atoms with Gasteiger partial charge in [-0.25, -0.2) is 5.43 Å². The molecule has 0 saturated carbocycles. The van der Waals surface area contributed by atoms with Crippen LogP contribution in [-0.4, -0.2) is 17.5 Å². The Hall–Kier alpha value is -2.67. The van der Waals surface area contributed by atoms with Crippen molar-refractivity contribution in [2.75, 3.05) is 5.32 Å². The predicted molar refractivity (Wildman–Crippen MR) is 119 cm³/mol. The summed E-state index contributed by atoms with van der Waals surface area (Å²) >= 11 is 12.9. The zero-order chi connectivity index (χ0) is 20.8. The Labute approximate surface area is 182 Å². The molecular formula is C21H17Cl2N3O2S. The Bertz CT molecular complexity index is 1040. The van der Waals surface area contributed by atoms with Crippen molar-refractivity contribution < 1.29 is 9.59 Å². The van der Waals surface area contributed by atoms with Crippen molar-refractivity contribution in [3.63, 3.8) is 0 Å². The highest BCUT2D eigenvalue weighted by atomic mass is 35.5. The largest absolute Gasteiger partial charge is 0.326 e. The minimum Gasteiger partial charge on any atom is -0.326 e. The Morgan fingerprint density at radius 2 is 1.66 bits per heavy atom. The van der Waals surface area contributed by atoms with Gasteiger partial charge in [0.2, 0.25) is 5.91 Å². The summed E-state index contributed by atoms with van der Waals surface area (Å²) in [6.45, 7) is 1.79. The monoisotopic (exact) mass is 445 g/mol. The molecule has 0 bridgehead atoms. The fourth-order valence-electron chi connectivity index (χ4n) is 2.48. The highest BCUT2D eigenvalue weighted by Gasteiger charge is 2.08. The number of benzene rings is 2. The molecule has 0 unspecified atom stereocenters. The summed E-state index contributed by atoms with van der Waals surface area (Å²) < 4.78 is 0.546. The second-order valence-electron chi connectivity index (χ2n) is 6.17. The number of hydrogen-bond acceptors (Lipinski definition) is 4. The van der Waals surface area contributed by atoms with Crippen LogP contribution in [0.15, 0.2) is 65.8 Å². The van der Waals surface area contributed by atoms with Crippen LogP contribution in [0.1, 0.15) is 27.7 Å². The van der Waals surface area contributed by atoms with Gasteiger partial charge in [0, 0.05) is 10.7 Å². The Morgan fingerprint density at radius 3 is 2.28 bits per heavy atom. The van der Waals surface area contributed by atoms with Gasteiger partial charge in [0.05, 0.1) is 21.3 Å². The minimum atomic E-state index is -0.313. The van der Waals surface area contributed by atoms with Gasteiger partial charge >= 0.3 is 0 Å². The van der Waals surface area contributed by atoms with Gasteiger partial charge in [-0.1, -0.05) is 47.5 Å². The molecule has 2 N–H and O–H groups in total. The van der Waals surface area contributed by atoms with E-state index in [2.05, 4.69) is 15.8 Å². The molecule has 0 fully saturated rings. The van der Waals surface area contributed by atoms with Crippen molar-refractivity contribution in [1.29, 1.82) is 0 Å². The zero-order valence-electron chi connectivity index (χ0n) is 15.4. The van der Waals surface area contributed by atoms with Crippen LogP contribution in [0, 0.1) is 0 Å². The molecule has 5 nitrogen and oxygen atoms in total. The lowest BCUT2D eigenvalue weighted by molar-refractivity contribution is -0.115. The van der Waals surface area contributed by atoms with Crippen LogP contribution in [0.3, 0.4) is 0 Å². The lowest BCUT2D eigenvalue weighted by Gasteiger charge is -2.07. The number of hydrogen-bond donors (Lipinski definition) is 2. The molecule has 0 radical (unpaired) electrons.